The van der Waals surface area contributed by atoms with E-state index in [0.717, 1.165) is 6.42 Å². The first-order valence-electron chi connectivity index (χ1n) is 9.13. The van der Waals surface area contributed by atoms with Gasteiger partial charge in [0.2, 0.25) is 0 Å². The van der Waals surface area contributed by atoms with E-state index >= 15 is 0 Å². The summed E-state index contributed by atoms with van der Waals surface area (Å²) >= 11 is 0. The van der Waals surface area contributed by atoms with Crippen LogP contribution >= 0.6 is 0 Å². The third kappa shape index (κ3) is 3.39. The molecule has 0 bridgehead atoms. The summed E-state index contributed by atoms with van der Waals surface area (Å²) in [6.45, 7) is 11.9. The molecule has 1 aromatic carbocycles. The lowest BCUT2D eigenvalue weighted by molar-refractivity contribution is 0.229. The molecule has 1 N–H and O–H groups in total. The van der Waals surface area contributed by atoms with Gasteiger partial charge in [-0.1, -0.05) is 65.3 Å². The summed E-state index contributed by atoms with van der Waals surface area (Å²) in [6.07, 6.45) is 8.63. The van der Waals surface area contributed by atoms with Crippen LogP contribution in [0, 0.1) is 10.8 Å². The molecule has 3 rings (SSSR count). The lowest BCUT2D eigenvalue weighted by Gasteiger charge is -2.39. The van der Waals surface area contributed by atoms with Crippen molar-refractivity contribution in [3.8, 4) is 0 Å². The summed E-state index contributed by atoms with van der Waals surface area (Å²) in [5.74, 6) is 0. The number of H-pyrrole nitrogens is 1. The number of hydrogen-bond acceptors (Lipinski definition) is 0. The zero-order chi connectivity index (χ0) is 16.7. The molecule has 0 unspecified atom stereocenters. The molecule has 0 saturated heterocycles. The number of nitrogens with one attached hydrogen (secondary N) is 1. The van der Waals surface area contributed by atoms with Gasteiger partial charge in [-0.3, -0.25) is 0 Å². The second-order valence-corrected chi connectivity index (χ2v) is 8.80. The number of benzene rings is 1. The van der Waals surface area contributed by atoms with Crippen LogP contribution in [0.15, 0.2) is 30.3 Å². The molecular formula is C22H31N. The summed E-state index contributed by atoms with van der Waals surface area (Å²) in [7, 11) is 0. The maximum Gasteiger partial charge on any atom is 0.0462 e. The quantitative estimate of drug-likeness (QED) is 0.643. The van der Waals surface area contributed by atoms with E-state index < -0.39 is 0 Å². The fourth-order valence-electron chi connectivity index (χ4n) is 4.65. The Bertz CT molecular complexity index is 728. The van der Waals surface area contributed by atoms with Gasteiger partial charge in [-0.2, -0.15) is 0 Å². The number of unbranched alkanes of at least 4 members (excludes halogenated alkanes) is 1. The number of rotatable bonds is 4. The van der Waals surface area contributed by atoms with E-state index in [-0.39, 0.29) is 5.41 Å². The molecule has 1 heterocycles. The van der Waals surface area contributed by atoms with Crippen molar-refractivity contribution in [3.05, 3.63) is 41.6 Å². The predicted molar refractivity (Wildman–Crippen MR) is 102 cm³/mol. The van der Waals surface area contributed by atoms with Gasteiger partial charge in [-0.05, 0) is 48.2 Å². The van der Waals surface area contributed by atoms with Crippen molar-refractivity contribution < 1.29 is 0 Å². The monoisotopic (exact) mass is 309 g/mol. The van der Waals surface area contributed by atoms with Crippen LogP contribution in [-0.2, 0) is 6.42 Å². The zero-order valence-electron chi connectivity index (χ0n) is 15.4. The van der Waals surface area contributed by atoms with Crippen LogP contribution < -0.4 is 0 Å². The maximum atomic E-state index is 3.71. The minimum atomic E-state index is 0.275. The van der Waals surface area contributed by atoms with Crippen LogP contribution in [0.1, 0.15) is 71.6 Å². The molecule has 1 aromatic heterocycles. The average Bonchev–Trinajstić information content (AvgIpc) is 2.79. The molecule has 0 atom stereocenters. The molecule has 124 valence electrons. The smallest absolute Gasteiger partial charge is 0.0462 e. The van der Waals surface area contributed by atoms with Crippen molar-refractivity contribution in [2.75, 3.05) is 0 Å². The number of aryl methyl sites for hydroxylation is 1. The molecular weight excluding hydrogens is 278 g/mol. The van der Waals surface area contributed by atoms with Gasteiger partial charge in [0.25, 0.3) is 0 Å². The van der Waals surface area contributed by atoms with Crippen LogP contribution in [0.5, 0.6) is 0 Å². The van der Waals surface area contributed by atoms with Gasteiger partial charge in [0.1, 0.15) is 0 Å². The Morgan fingerprint density at radius 3 is 2.52 bits per heavy atom. The number of para-hydroxylation sites is 1. The normalized spacial score (nSPS) is 19.8. The average molecular weight is 309 g/mol. The summed E-state index contributed by atoms with van der Waals surface area (Å²) in [4.78, 5) is 3.71. The fourth-order valence-corrected chi connectivity index (χ4v) is 4.65. The highest BCUT2D eigenvalue weighted by molar-refractivity contribution is 5.94. The second-order valence-electron chi connectivity index (χ2n) is 8.80. The van der Waals surface area contributed by atoms with Gasteiger partial charge in [-0.25, -0.2) is 0 Å². The lowest BCUT2D eigenvalue weighted by Crippen LogP contribution is -2.26. The molecule has 0 saturated carbocycles. The molecule has 0 spiro atoms. The van der Waals surface area contributed by atoms with Crippen molar-refractivity contribution in [1.82, 2.24) is 4.98 Å². The van der Waals surface area contributed by atoms with Crippen LogP contribution in [0.4, 0.5) is 0 Å². The van der Waals surface area contributed by atoms with E-state index in [0.29, 0.717) is 5.41 Å². The molecule has 1 heteroatoms. The van der Waals surface area contributed by atoms with Gasteiger partial charge >= 0.3 is 0 Å². The van der Waals surface area contributed by atoms with Crippen LogP contribution in [0.25, 0.3) is 16.5 Å². The van der Waals surface area contributed by atoms with Gasteiger partial charge in [0, 0.05) is 22.2 Å². The van der Waals surface area contributed by atoms with Crippen molar-refractivity contribution in [1.29, 1.82) is 0 Å². The van der Waals surface area contributed by atoms with Gasteiger partial charge in [0.05, 0.1) is 0 Å². The van der Waals surface area contributed by atoms with Crippen LogP contribution in [-0.4, -0.2) is 4.98 Å². The minimum Gasteiger partial charge on any atom is -0.358 e. The van der Waals surface area contributed by atoms with Gasteiger partial charge in [0.15, 0.2) is 0 Å². The Balaban J connectivity index is 2.15. The SMILES string of the molecule is CCCCc1[nH]c2ccccc2c1C1=CC(C)(C)CC(C)(C)C1. The number of allylic oxidation sites excluding steroid dienone is 2. The largest absolute Gasteiger partial charge is 0.358 e. The van der Waals surface area contributed by atoms with E-state index in [4.69, 9.17) is 0 Å². The molecule has 1 aliphatic carbocycles. The Morgan fingerprint density at radius 1 is 1.09 bits per heavy atom. The van der Waals surface area contributed by atoms with E-state index in [2.05, 4.69) is 69.9 Å². The third-order valence-electron chi connectivity index (χ3n) is 5.05. The first kappa shape index (κ1) is 16.4. The lowest BCUT2D eigenvalue weighted by atomic mass is 9.65. The third-order valence-corrected chi connectivity index (χ3v) is 5.05. The summed E-state index contributed by atoms with van der Waals surface area (Å²) in [6, 6.07) is 8.80. The molecule has 0 radical (unpaired) electrons. The topological polar surface area (TPSA) is 15.8 Å². The summed E-state index contributed by atoms with van der Waals surface area (Å²) < 4.78 is 0. The zero-order valence-corrected chi connectivity index (χ0v) is 15.4. The van der Waals surface area contributed by atoms with E-state index in [9.17, 15) is 0 Å². The minimum absolute atomic E-state index is 0.275. The van der Waals surface area contributed by atoms with Crippen molar-refractivity contribution in [2.45, 2.75) is 66.7 Å². The summed E-state index contributed by atoms with van der Waals surface area (Å²) in [5.41, 5.74) is 6.42. The fraction of sp³-hybridized carbons (Fsp3) is 0.545. The summed E-state index contributed by atoms with van der Waals surface area (Å²) in [5, 5.41) is 1.40. The number of aromatic nitrogens is 1. The molecule has 23 heavy (non-hydrogen) atoms. The molecule has 0 fully saturated rings. The van der Waals surface area contributed by atoms with Gasteiger partial charge < -0.3 is 4.98 Å². The van der Waals surface area contributed by atoms with E-state index in [1.807, 2.05) is 0 Å². The molecule has 1 nitrogen and oxygen atoms in total. The molecule has 0 amide bonds. The highest BCUT2D eigenvalue weighted by atomic mass is 14.7. The maximum absolute atomic E-state index is 3.71. The highest BCUT2D eigenvalue weighted by Crippen LogP contribution is 2.49. The van der Waals surface area contributed by atoms with Gasteiger partial charge in [-0.15, -0.1) is 0 Å². The van der Waals surface area contributed by atoms with Crippen LogP contribution in [0.3, 0.4) is 0 Å². The highest BCUT2D eigenvalue weighted by Gasteiger charge is 2.34. The van der Waals surface area contributed by atoms with E-state index in [1.165, 1.54) is 47.8 Å². The van der Waals surface area contributed by atoms with E-state index in [1.54, 1.807) is 5.57 Å². The standard InChI is InChI=1S/C22H31N/c1-6-7-11-19-20(17-10-8-9-12-18(17)23-19)16-13-21(2,3)15-22(4,5)14-16/h8-10,12-13,23H,6-7,11,14-15H2,1-5H3. The first-order valence-corrected chi connectivity index (χ1v) is 9.13. The van der Waals surface area contributed by atoms with Crippen molar-refractivity contribution >= 4 is 16.5 Å². The van der Waals surface area contributed by atoms with Crippen molar-refractivity contribution in [3.63, 3.8) is 0 Å². The second kappa shape index (κ2) is 5.85. The Kier molecular flexibility index (Phi) is 4.16. The number of aromatic amines is 1. The molecule has 2 aromatic rings. The number of hydrogen-bond donors (Lipinski definition) is 1. The Labute approximate surface area is 141 Å². The first-order chi connectivity index (χ1) is 10.8. The number of fused-ring (bicyclic) bond motifs is 1. The Hall–Kier alpha value is -1.50. The molecule has 0 aliphatic heterocycles. The molecule has 1 aliphatic rings. The van der Waals surface area contributed by atoms with Crippen molar-refractivity contribution in [2.24, 2.45) is 10.8 Å². The van der Waals surface area contributed by atoms with Crippen LogP contribution in [0.2, 0.25) is 0 Å². The predicted octanol–water partition coefficient (Wildman–Crippen LogP) is 6.74. The Morgan fingerprint density at radius 2 is 1.83 bits per heavy atom.